The van der Waals surface area contributed by atoms with Crippen LogP contribution in [-0.4, -0.2) is 19.6 Å². The second kappa shape index (κ2) is 6.84. The molecule has 0 spiro atoms. The van der Waals surface area contributed by atoms with Crippen LogP contribution in [0, 0.1) is 12.7 Å². The Morgan fingerprint density at radius 1 is 1.38 bits per heavy atom. The number of hydrogen-bond acceptors (Lipinski definition) is 2. The van der Waals surface area contributed by atoms with Gasteiger partial charge in [-0.15, -0.1) is 0 Å². The maximum absolute atomic E-state index is 13.3. The normalized spacial score (nSPS) is 10.8. The Bertz CT molecular complexity index is 342. The van der Waals surface area contributed by atoms with E-state index in [1.165, 1.54) is 6.07 Å². The summed E-state index contributed by atoms with van der Waals surface area (Å²) >= 11 is 6.03. The molecule has 0 heterocycles. The lowest BCUT2D eigenvalue weighted by molar-refractivity contribution is 0.612. The first-order chi connectivity index (χ1) is 7.65. The highest BCUT2D eigenvalue weighted by molar-refractivity contribution is 6.31. The molecule has 0 aliphatic heterocycles. The molecule has 0 aliphatic rings. The average Bonchev–Trinajstić information content (AvgIpc) is 2.25. The van der Waals surface area contributed by atoms with Crippen LogP contribution in [0.3, 0.4) is 0 Å². The van der Waals surface area contributed by atoms with Crippen molar-refractivity contribution in [1.82, 2.24) is 5.32 Å². The van der Waals surface area contributed by atoms with Crippen molar-refractivity contribution in [2.75, 3.05) is 19.6 Å². The van der Waals surface area contributed by atoms with Gasteiger partial charge in [0.25, 0.3) is 0 Å². The molecule has 0 aromatic heterocycles. The molecule has 1 aromatic carbocycles. The molecule has 0 fully saturated rings. The third-order valence-corrected chi connectivity index (χ3v) is 2.81. The number of rotatable bonds is 6. The molecule has 0 radical (unpaired) electrons. The number of nitrogens with one attached hydrogen (secondary N) is 1. The van der Waals surface area contributed by atoms with Gasteiger partial charge in [-0.3, -0.25) is 0 Å². The zero-order chi connectivity index (χ0) is 12.0. The fourth-order valence-electron chi connectivity index (χ4n) is 1.45. The Morgan fingerprint density at radius 3 is 2.81 bits per heavy atom. The highest BCUT2D eigenvalue weighted by Crippen LogP contribution is 2.20. The average molecular weight is 245 g/mol. The fraction of sp³-hybridized carbons (Fsp3) is 0.500. The molecule has 0 bridgehead atoms. The van der Waals surface area contributed by atoms with E-state index >= 15 is 0 Å². The summed E-state index contributed by atoms with van der Waals surface area (Å²) in [5.74, 6) is -0.193. The number of aryl methyl sites for hydroxylation is 1. The van der Waals surface area contributed by atoms with Crippen molar-refractivity contribution in [2.24, 2.45) is 5.73 Å². The number of nitrogens with two attached hydrogens (primary N) is 1. The standard InChI is InChI=1S/C12H18ClFN2/c1-9-7-11(13)10(8-12(9)14)3-6-16-5-2-4-15/h7-8,16H,2-6,15H2,1H3. The third-order valence-electron chi connectivity index (χ3n) is 2.46. The quantitative estimate of drug-likeness (QED) is 0.754. The topological polar surface area (TPSA) is 38.0 Å². The molecule has 1 rings (SSSR count). The van der Waals surface area contributed by atoms with E-state index in [9.17, 15) is 4.39 Å². The van der Waals surface area contributed by atoms with Crippen LogP contribution < -0.4 is 11.1 Å². The van der Waals surface area contributed by atoms with Crippen molar-refractivity contribution in [3.8, 4) is 0 Å². The van der Waals surface area contributed by atoms with Crippen molar-refractivity contribution in [3.63, 3.8) is 0 Å². The first kappa shape index (κ1) is 13.4. The summed E-state index contributed by atoms with van der Waals surface area (Å²) in [4.78, 5) is 0. The van der Waals surface area contributed by atoms with Crippen LogP contribution in [0.4, 0.5) is 4.39 Å². The lowest BCUT2D eigenvalue weighted by atomic mass is 10.1. The Hall–Kier alpha value is -0.640. The zero-order valence-electron chi connectivity index (χ0n) is 9.52. The minimum Gasteiger partial charge on any atom is -0.330 e. The summed E-state index contributed by atoms with van der Waals surface area (Å²) < 4.78 is 13.3. The second-order valence-corrected chi connectivity index (χ2v) is 4.24. The van der Waals surface area contributed by atoms with Crippen LogP contribution in [0.1, 0.15) is 17.5 Å². The molecule has 0 unspecified atom stereocenters. The monoisotopic (exact) mass is 244 g/mol. The molecule has 1 aromatic rings. The molecule has 0 atom stereocenters. The summed E-state index contributed by atoms with van der Waals surface area (Å²) in [5.41, 5.74) is 6.81. The van der Waals surface area contributed by atoms with E-state index in [1.807, 2.05) is 0 Å². The minimum absolute atomic E-state index is 0.193. The molecule has 0 aliphatic carbocycles. The molecule has 16 heavy (non-hydrogen) atoms. The van der Waals surface area contributed by atoms with Gasteiger partial charge in [0.15, 0.2) is 0 Å². The van der Waals surface area contributed by atoms with Gasteiger partial charge in [-0.1, -0.05) is 11.6 Å². The molecule has 0 saturated heterocycles. The molecular formula is C12H18ClFN2. The van der Waals surface area contributed by atoms with E-state index in [4.69, 9.17) is 17.3 Å². The smallest absolute Gasteiger partial charge is 0.126 e. The molecule has 3 N–H and O–H groups in total. The number of halogens is 2. The fourth-order valence-corrected chi connectivity index (χ4v) is 1.77. The van der Waals surface area contributed by atoms with Gasteiger partial charge in [-0.05, 0) is 62.7 Å². The Kier molecular flexibility index (Phi) is 5.74. The van der Waals surface area contributed by atoms with Crippen molar-refractivity contribution >= 4 is 11.6 Å². The number of hydrogen-bond donors (Lipinski definition) is 2. The highest BCUT2D eigenvalue weighted by atomic mass is 35.5. The largest absolute Gasteiger partial charge is 0.330 e. The van der Waals surface area contributed by atoms with E-state index in [0.717, 1.165) is 31.5 Å². The first-order valence-corrected chi connectivity index (χ1v) is 5.88. The van der Waals surface area contributed by atoms with Crippen molar-refractivity contribution in [1.29, 1.82) is 0 Å². The lowest BCUT2D eigenvalue weighted by Crippen LogP contribution is -2.20. The maximum atomic E-state index is 13.3. The van der Waals surface area contributed by atoms with Crippen LogP contribution in [-0.2, 0) is 6.42 Å². The predicted molar refractivity (Wildman–Crippen MR) is 66.4 cm³/mol. The summed E-state index contributed by atoms with van der Waals surface area (Å²) in [6.07, 6.45) is 1.69. The second-order valence-electron chi connectivity index (χ2n) is 3.84. The summed E-state index contributed by atoms with van der Waals surface area (Å²) in [7, 11) is 0. The van der Waals surface area contributed by atoms with Crippen molar-refractivity contribution in [3.05, 3.63) is 34.1 Å². The van der Waals surface area contributed by atoms with Gasteiger partial charge in [0.1, 0.15) is 5.82 Å². The predicted octanol–water partition coefficient (Wildman–Crippen LogP) is 2.27. The van der Waals surface area contributed by atoms with Gasteiger partial charge in [0.2, 0.25) is 0 Å². The van der Waals surface area contributed by atoms with Crippen molar-refractivity contribution < 1.29 is 4.39 Å². The Balaban J connectivity index is 2.45. The molecule has 2 nitrogen and oxygen atoms in total. The SMILES string of the molecule is Cc1cc(Cl)c(CCNCCCN)cc1F. The van der Waals surface area contributed by atoms with Gasteiger partial charge >= 0.3 is 0 Å². The summed E-state index contributed by atoms with van der Waals surface area (Å²) in [6, 6.07) is 3.19. The van der Waals surface area contributed by atoms with Crippen LogP contribution in [0.15, 0.2) is 12.1 Å². The first-order valence-electron chi connectivity index (χ1n) is 5.50. The van der Waals surface area contributed by atoms with E-state index in [-0.39, 0.29) is 5.82 Å². The van der Waals surface area contributed by atoms with E-state index in [2.05, 4.69) is 5.32 Å². The molecule has 0 saturated carbocycles. The Labute approximate surface area is 101 Å². The van der Waals surface area contributed by atoms with Gasteiger partial charge in [-0.25, -0.2) is 4.39 Å². The van der Waals surface area contributed by atoms with Gasteiger partial charge < -0.3 is 11.1 Å². The third kappa shape index (κ3) is 4.08. The lowest BCUT2D eigenvalue weighted by Gasteiger charge is -2.07. The van der Waals surface area contributed by atoms with Crippen molar-refractivity contribution in [2.45, 2.75) is 19.8 Å². The molecule has 0 amide bonds. The van der Waals surface area contributed by atoms with Gasteiger partial charge in [0, 0.05) is 5.02 Å². The van der Waals surface area contributed by atoms with Crippen LogP contribution >= 0.6 is 11.6 Å². The maximum Gasteiger partial charge on any atom is 0.126 e. The van der Waals surface area contributed by atoms with Gasteiger partial charge in [0.05, 0.1) is 0 Å². The highest BCUT2D eigenvalue weighted by Gasteiger charge is 2.05. The molecular weight excluding hydrogens is 227 g/mol. The summed E-state index contributed by atoms with van der Waals surface area (Å²) in [5, 5.41) is 3.87. The van der Waals surface area contributed by atoms with Crippen LogP contribution in [0.5, 0.6) is 0 Å². The molecule has 90 valence electrons. The number of benzene rings is 1. The van der Waals surface area contributed by atoms with E-state index in [0.29, 0.717) is 17.1 Å². The summed E-state index contributed by atoms with van der Waals surface area (Å²) in [6.45, 7) is 4.09. The van der Waals surface area contributed by atoms with E-state index in [1.54, 1.807) is 13.0 Å². The minimum atomic E-state index is -0.193. The molecule has 4 heteroatoms. The van der Waals surface area contributed by atoms with Crippen LogP contribution in [0.25, 0.3) is 0 Å². The van der Waals surface area contributed by atoms with Crippen LogP contribution in [0.2, 0.25) is 5.02 Å². The Morgan fingerprint density at radius 2 is 2.12 bits per heavy atom. The van der Waals surface area contributed by atoms with E-state index < -0.39 is 0 Å². The zero-order valence-corrected chi connectivity index (χ0v) is 10.3. The van der Waals surface area contributed by atoms with Gasteiger partial charge in [-0.2, -0.15) is 0 Å².